The maximum absolute atomic E-state index is 13.3. The predicted molar refractivity (Wildman–Crippen MR) is 146 cm³/mol. The average molecular weight is 560 g/mol. The molecule has 1 fully saturated rings. The molecule has 2 amide bonds. The Balaban J connectivity index is 1.50. The Bertz CT molecular complexity index is 1500. The molecular formula is C29H26FN5O6. The zero-order chi connectivity index (χ0) is 29.5. The molecule has 41 heavy (non-hydrogen) atoms. The topological polar surface area (TPSA) is 157 Å². The van der Waals surface area contributed by atoms with Crippen molar-refractivity contribution in [2.45, 2.75) is 18.9 Å². The van der Waals surface area contributed by atoms with Crippen LogP contribution in [-0.2, 0) is 4.79 Å². The van der Waals surface area contributed by atoms with Gasteiger partial charge in [-0.15, -0.1) is 0 Å². The van der Waals surface area contributed by atoms with Crippen LogP contribution in [0, 0.1) is 27.3 Å². The van der Waals surface area contributed by atoms with E-state index >= 15 is 0 Å². The number of carbonyl (C=O) groups excluding carboxylic acids is 2. The molecule has 1 saturated heterocycles. The summed E-state index contributed by atoms with van der Waals surface area (Å²) in [7, 11) is 0. The lowest BCUT2D eigenvalue weighted by atomic mass is 10.0. The summed E-state index contributed by atoms with van der Waals surface area (Å²) >= 11 is 0. The summed E-state index contributed by atoms with van der Waals surface area (Å²) in [6, 6.07) is 16.4. The third-order valence-corrected chi connectivity index (χ3v) is 6.78. The van der Waals surface area contributed by atoms with Crippen molar-refractivity contribution < 1.29 is 28.8 Å². The van der Waals surface area contributed by atoms with Crippen LogP contribution in [0.2, 0.25) is 0 Å². The molecule has 0 radical (unpaired) electrons. The molecule has 4 rings (SSSR count). The van der Waals surface area contributed by atoms with Gasteiger partial charge in [0, 0.05) is 43.4 Å². The van der Waals surface area contributed by atoms with Crippen molar-refractivity contribution >= 4 is 29.2 Å². The molecule has 0 saturated carbocycles. The lowest BCUT2D eigenvalue weighted by molar-refractivity contribution is -0.384. The second kappa shape index (κ2) is 12.7. The largest absolute Gasteiger partial charge is 0.481 e. The van der Waals surface area contributed by atoms with Gasteiger partial charge in [-0.3, -0.25) is 24.5 Å². The van der Waals surface area contributed by atoms with Crippen molar-refractivity contribution in [1.29, 1.82) is 5.26 Å². The van der Waals surface area contributed by atoms with E-state index in [1.54, 1.807) is 34.1 Å². The molecule has 11 nitrogen and oxygen atoms in total. The molecule has 3 aromatic rings. The van der Waals surface area contributed by atoms with Crippen LogP contribution in [0.4, 0.5) is 15.8 Å². The lowest BCUT2D eigenvalue weighted by Crippen LogP contribution is -2.35. The third-order valence-electron chi connectivity index (χ3n) is 6.78. The number of nitrogens with zero attached hydrogens (tertiary/aromatic N) is 4. The Kier molecular flexibility index (Phi) is 8.88. The molecule has 1 atom stereocenters. The number of nitriles is 1. The smallest absolute Gasteiger partial charge is 0.305 e. The first kappa shape index (κ1) is 28.7. The van der Waals surface area contributed by atoms with Gasteiger partial charge in [-0.2, -0.15) is 5.26 Å². The van der Waals surface area contributed by atoms with E-state index in [-0.39, 0.29) is 17.2 Å². The molecule has 0 aromatic heterocycles. The van der Waals surface area contributed by atoms with E-state index in [2.05, 4.69) is 5.32 Å². The molecule has 3 aromatic carbocycles. The van der Waals surface area contributed by atoms with Crippen LogP contribution in [0.1, 0.15) is 50.7 Å². The molecule has 0 bridgehead atoms. The van der Waals surface area contributed by atoms with Crippen LogP contribution < -0.4 is 10.2 Å². The molecule has 1 heterocycles. The number of aliphatic carboxylic acids is 1. The fraction of sp³-hybridized carbons (Fsp3) is 0.241. The molecule has 1 aliphatic rings. The Morgan fingerprint density at radius 1 is 1.00 bits per heavy atom. The standard InChI is InChI=1S/C29H26FN5O6/c30-23-9-6-20(7-10-23)24(17-27(36)37)32-28(38)22-8-11-25(26(16-22)35(40)41)33-12-1-13-34(15-14-33)29(39)21-4-2-19(18-31)3-5-21/h2-11,16,24H,1,12-15,17H2,(H,32,38)(H,36,37). The summed E-state index contributed by atoms with van der Waals surface area (Å²) in [5, 5.41) is 32.8. The van der Waals surface area contributed by atoms with Crippen molar-refractivity contribution in [3.05, 3.63) is 105 Å². The maximum atomic E-state index is 13.3. The minimum atomic E-state index is -1.19. The third kappa shape index (κ3) is 7.02. The molecular weight excluding hydrogens is 533 g/mol. The molecule has 2 N–H and O–H groups in total. The van der Waals surface area contributed by atoms with Gasteiger partial charge in [-0.05, 0) is 60.5 Å². The highest BCUT2D eigenvalue weighted by Crippen LogP contribution is 2.31. The van der Waals surface area contributed by atoms with Gasteiger partial charge in [0.2, 0.25) is 0 Å². The van der Waals surface area contributed by atoms with E-state index in [0.29, 0.717) is 55.0 Å². The molecule has 0 spiro atoms. The number of nitro groups is 1. The van der Waals surface area contributed by atoms with Gasteiger partial charge in [0.15, 0.2) is 0 Å². The Hall–Kier alpha value is -5.31. The highest BCUT2D eigenvalue weighted by molar-refractivity contribution is 5.96. The quantitative estimate of drug-likeness (QED) is 0.311. The van der Waals surface area contributed by atoms with Crippen LogP contribution in [-0.4, -0.2) is 58.9 Å². The monoisotopic (exact) mass is 559 g/mol. The van der Waals surface area contributed by atoms with Gasteiger partial charge in [0.25, 0.3) is 17.5 Å². The minimum absolute atomic E-state index is 0.0367. The van der Waals surface area contributed by atoms with Crippen molar-refractivity contribution in [2.75, 3.05) is 31.1 Å². The molecule has 12 heteroatoms. The van der Waals surface area contributed by atoms with E-state index in [1.165, 1.54) is 24.3 Å². The number of hydrogen-bond donors (Lipinski definition) is 2. The molecule has 210 valence electrons. The summed E-state index contributed by atoms with van der Waals surface area (Å²) in [6.07, 6.45) is 0.0823. The van der Waals surface area contributed by atoms with Gasteiger partial charge >= 0.3 is 5.97 Å². The van der Waals surface area contributed by atoms with Crippen LogP contribution in [0.15, 0.2) is 66.7 Å². The SMILES string of the molecule is N#Cc1ccc(C(=O)N2CCCN(c3ccc(C(=O)NC(CC(=O)O)c4ccc(F)cc4)cc3[N+](=O)[O-])CC2)cc1. The van der Waals surface area contributed by atoms with Crippen LogP contribution >= 0.6 is 0 Å². The first-order valence-electron chi connectivity index (χ1n) is 12.8. The predicted octanol–water partition coefficient (Wildman–Crippen LogP) is 3.90. The van der Waals surface area contributed by atoms with E-state index in [1.807, 2.05) is 6.07 Å². The van der Waals surface area contributed by atoms with Gasteiger partial charge in [0.05, 0.1) is 29.0 Å². The number of halogens is 1. The van der Waals surface area contributed by atoms with Gasteiger partial charge in [0.1, 0.15) is 11.5 Å². The minimum Gasteiger partial charge on any atom is -0.481 e. The van der Waals surface area contributed by atoms with Crippen LogP contribution in [0.5, 0.6) is 0 Å². The normalized spacial score (nSPS) is 14.0. The highest BCUT2D eigenvalue weighted by Gasteiger charge is 2.27. The second-order valence-electron chi connectivity index (χ2n) is 9.46. The Labute approximate surface area is 234 Å². The number of hydrogen-bond acceptors (Lipinski definition) is 7. The number of anilines is 1. The van der Waals surface area contributed by atoms with E-state index < -0.39 is 35.1 Å². The summed E-state index contributed by atoms with van der Waals surface area (Å²) in [4.78, 5) is 52.2. The first-order chi connectivity index (χ1) is 19.7. The zero-order valence-electron chi connectivity index (χ0n) is 21.8. The summed E-state index contributed by atoms with van der Waals surface area (Å²) < 4.78 is 13.3. The second-order valence-corrected chi connectivity index (χ2v) is 9.46. The average Bonchev–Trinajstić information content (AvgIpc) is 3.22. The van der Waals surface area contributed by atoms with Gasteiger partial charge < -0.3 is 20.2 Å². The number of nitrogens with one attached hydrogen (secondary N) is 1. The van der Waals surface area contributed by atoms with Gasteiger partial charge in [-0.25, -0.2) is 4.39 Å². The number of amides is 2. The van der Waals surface area contributed by atoms with E-state index in [9.17, 15) is 34.0 Å². The van der Waals surface area contributed by atoms with Gasteiger partial charge in [-0.1, -0.05) is 12.1 Å². The number of nitro benzene ring substituents is 1. The van der Waals surface area contributed by atoms with Crippen LogP contribution in [0.3, 0.4) is 0 Å². The zero-order valence-corrected chi connectivity index (χ0v) is 21.8. The number of carboxylic acids is 1. The fourth-order valence-corrected chi connectivity index (χ4v) is 4.67. The highest BCUT2D eigenvalue weighted by atomic mass is 19.1. The van der Waals surface area contributed by atoms with Crippen molar-refractivity contribution in [3.8, 4) is 6.07 Å². The molecule has 1 aliphatic heterocycles. The van der Waals surface area contributed by atoms with E-state index in [4.69, 9.17) is 5.26 Å². The first-order valence-corrected chi connectivity index (χ1v) is 12.8. The van der Waals surface area contributed by atoms with Crippen LogP contribution in [0.25, 0.3) is 0 Å². The Morgan fingerprint density at radius 2 is 1.68 bits per heavy atom. The number of rotatable bonds is 8. The summed E-state index contributed by atoms with van der Waals surface area (Å²) in [5.41, 5.74) is 1.21. The van der Waals surface area contributed by atoms with Crippen molar-refractivity contribution in [2.24, 2.45) is 0 Å². The lowest BCUT2D eigenvalue weighted by Gasteiger charge is -2.24. The summed E-state index contributed by atoms with van der Waals surface area (Å²) in [6.45, 7) is 1.51. The van der Waals surface area contributed by atoms with Crippen molar-refractivity contribution in [3.63, 3.8) is 0 Å². The number of benzene rings is 3. The number of carbonyl (C=O) groups is 3. The number of carboxylic acid groups (broad SMARTS) is 1. The maximum Gasteiger partial charge on any atom is 0.305 e. The van der Waals surface area contributed by atoms with Crippen molar-refractivity contribution in [1.82, 2.24) is 10.2 Å². The summed E-state index contributed by atoms with van der Waals surface area (Å²) in [5.74, 6) is -2.62. The molecule has 1 unspecified atom stereocenters. The van der Waals surface area contributed by atoms with E-state index in [0.717, 1.165) is 18.2 Å². The fourth-order valence-electron chi connectivity index (χ4n) is 4.67. The Morgan fingerprint density at radius 3 is 2.32 bits per heavy atom. The molecule has 0 aliphatic carbocycles.